The van der Waals surface area contributed by atoms with Crippen molar-refractivity contribution in [2.75, 3.05) is 0 Å². The number of carbonyl (C=O) groups is 1. The van der Waals surface area contributed by atoms with E-state index in [1.54, 1.807) is 18.2 Å². The van der Waals surface area contributed by atoms with E-state index in [1.165, 1.54) is 0 Å². The Labute approximate surface area is 122 Å². The van der Waals surface area contributed by atoms with E-state index in [0.717, 1.165) is 29.7 Å². The number of aromatic carboxylic acids is 1. The molecule has 0 radical (unpaired) electrons. The van der Waals surface area contributed by atoms with Crippen molar-refractivity contribution in [3.8, 4) is 5.75 Å². The van der Waals surface area contributed by atoms with Gasteiger partial charge in [-0.15, -0.1) is 0 Å². The first-order chi connectivity index (χ1) is 8.97. The van der Waals surface area contributed by atoms with Crippen molar-refractivity contribution >= 4 is 21.9 Å². The molecular weight excluding hydrogens is 308 g/mol. The van der Waals surface area contributed by atoms with E-state index in [0.29, 0.717) is 11.7 Å². The smallest absolute Gasteiger partial charge is 0.339 e. The van der Waals surface area contributed by atoms with Crippen LogP contribution in [-0.2, 0) is 0 Å². The maximum atomic E-state index is 11.2. The molecule has 0 heterocycles. The van der Waals surface area contributed by atoms with Crippen molar-refractivity contribution in [2.24, 2.45) is 11.8 Å². The lowest BCUT2D eigenvalue weighted by Gasteiger charge is -2.32. The molecule has 0 saturated heterocycles. The predicted octanol–water partition coefficient (Wildman–Crippen LogP) is 4.35. The monoisotopic (exact) mass is 326 g/mol. The standard InChI is InChI=1S/C15H19BrO3/c1-9-3-5-12(7-10(9)2)19-14-8-11(16)4-6-13(14)15(17)18/h4,6,8-10,12H,3,5,7H2,1-2H3,(H,17,18). The molecular formula is C15H19BrO3. The molecule has 1 aromatic carbocycles. The normalized spacial score (nSPS) is 27.0. The molecule has 1 saturated carbocycles. The third-order valence-corrected chi connectivity index (χ3v) is 4.51. The van der Waals surface area contributed by atoms with Gasteiger partial charge in [-0.25, -0.2) is 4.79 Å². The van der Waals surface area contributed by atoms with Crippen LogP contribution in [0.3, 0.4) is 0 Å². The van der Waals surface area contributed by atoms with Crippen LogP contribution in [-0.4, -0.2) is 17.2 Å². The van der Waals surface area contributed by atoms with Crippen molar-refractivity contribution < 1.29 is 14.6 Å². The van der Waals surface area contributed by atoms with Gasteiger partial charge in [0, 0.05) is 4.47 Å². The first-order valence-electron chi connectivity index (χ1n) is 6.67. The van der Waals surface area contributed by atoms with E-state index in [9.17, 15) is 9.90 Å². The van der Waals surface area contributed by atoms with Gasteiger partial charge in [-0.2, -0.15) is 0 Å². The average Bonchev–Trinajstić information content (AvgIpc) is 2.33. The molecule has 0 aliphatic heterocycles. The molecule has 1 N–H and O–H groups in total. The number of ether oxygens (including phenoxy) is 1. The number of carboxylic acid groups (broad SMARTS) is 1. The van der Waals surface area contributed by atoms with Crippen LogP contribution in [0.15, 0.2) is 22.7 Å². The summed E-state index contributed by atoms with van der Waals surface area (Å²) >= 11 is 3.36. The minimum atomic E-state index is -0.945. The van der Waals surface area contributed by atoms with E-state index in [-0.39, 0.29) is 11.7 Å². The van der Waals surface area contributed by atoms with Crippen molar-refractivity contribution in [1.29, 1.82) is 0 Å². The summed E-state index contributed by atoms with van der Waals surface area (Å²) in [4.78, 5) is 11.2. The highest BCUT2D eigenvalue weighted by atomic mass is 79.9. The van der Waals surface area contributed by atoms with Crippen LogP contribution in [0.5, 0.6) is 5.75 Å². The molecule has 104 valence electrons. The van der Waals surface area contributed by atoms with Gasteiger partial charge in [-0.3, -0.25) is 0 Å². The Hall–Kier alpha value is -1.03. The third-order valence-electron chi connectivity index (χ3n) is 4.02. The summed E-state index contributed by atoms with van der Waals surface area (Å²) in [5.41, 5.74) is 0.231. The SMILES string of the molecule is CC1CCC(Oc2cc(Br)ccc2C(=O)O)CC1C. The lowest BCUT2D eigenvalue weighted by Crippen LogP contribution is -2.29. The Kier molecular flexibility index (Phi) is 4.50. The first kappa shape index (κ1) is 14.4. The molecule has 3 nitrogen and oxygen atoms in total. The fourth-order valence-electron chi connectivity index (χ4n) is 2.56. The van der Waals surface area contributed by atoms with Gasteiger partial charge in [-0.1, -0.05) is 29.8 Å². The fourth-order valence-corrected chi connectivity index (χ4v) is 2.90. The van der Waals surface area contributed by atoms with Crippen molar-refractivity contribution in [3.05, 3.63) is 28.2 Å². The summed E-state index contributed by atoms with van der Waals surface area (Å²) in [5.74, 6) is 0.869. The van der Waals surface area contributed by atoms with Crippen LogP contribution >= 0.6 is 15.9 Å². The number of benzene rings is 1. The highest BCUT2D eigenvalue weighted by molar-refractivity contribution is 9.10. The van der Waals surface area contributed by atoms with Gasteiger partial charge in [-0.05, 0) is 49.3 Å². The Morgan fingerprint density at radius 1 is 1.32 bits per heavy atom. The molecule has 0 bridgehead atoms. The van der Waals surface area contributed by atoms with Crippen molar-refractivity contribution in [1.82, 2.24) is 0 Å². The van der Waals surface area contributed by atoms with Crippen LogP contribution in [0, 0.1) is 11.8 Å². The van der Waals surface area contributed by atoms with Gasteiger partial charge in [0.1, 0.15) is 11.3 Å². The van der Waals surface area contributed by atoms with Gasteiger partial charge in [0.15, 0.2) is 0 Å². The number of rotatable bonds is 3. The lowest BCUT2D eigenvalue weighted by atomic mass is 9.80. The molecule has 4 heteroatoms. The molecule has 1 aromatic rings. The second-order valence-corrected chi connectivity index (χ2v) is 6.37. The molecule has 3 atom stereocenters. The van der Waals surface area contributed by atoms with Crippen LogP contribution in [0.25, 0.3) is 0 Å². The Bertz CT molecular complexity index is 472. The van der Waals surface area contributed by atoms with E-state index < -0.39 is 5.97 Å². The quantitative estimate of drug-likeness (QED) is 0.898. The van der Waals surface area contributed by atoms with E-state index in [4.69, 9.17) is 4.74 Å². The summed E-state index contributed by atoms with van der Waals surface area (Å²) < 4.78 is 6.77. The Morgan fingerprint density at radius 2 is 2.05 bits per heavy atom. The van der Waals surface area contributed by atoms with Gasteiger partial charge < -0.3 is 9.84 Å². The van der Waals surface area contributed by atoms with E-state index in [1.807, 2.05) is 0 Å². The zero-order valence-corrected chi connectivity index (χ0v) is 12.8. The maximum absolute atomic E-state index is 11.2. The molecule has 2 rings (SSSR count). The number of halogens is 1. The molecule has 1 fully saturated rings. The van der Waals surface area contributed by atoms with Crippen molar-refractivity contribution in [3.63, 3.8) is 0 Å². The lowest BCUT2D eigenvalue weighted by molar-refractivity contribution is 0.0675. The summed E-state index contributed by atoms with van der Waals surface area (Å²) in [6, 6.07) is 5.05. The number of carboxylic acids is 1. The minimum absolute atomic E-state index is 0.124. The van der Waals surface area contributed by atoms with Crippen LogP contribution in [0.4, 0.5) is 0 Å². The van der Waals surface area contributed by atoms with Gasteiger partial charge in [0.25, 0.3) is 0 Å². The van der Waals surface area contributed by atoms with E-state index >= 15 is 0 Å². The molecule has 19 heavy (non-hydrogen) atoms. The van der Waals surface area contributed by atoms with Crippen LogP contribution in [0.2, 0.25) is 0 Å². The molecule has 3 unspecified atom stereocenters. The van der Waals surface area contributed by atoms with Gasteiger partial charge in [0.2, 0.25) is 0 Å². The largest absolute Gasteiger partial charge is 0.489 e. The first-order valence-corrected chi connectivity index (χ1v) is 7.46. The predicted molar refractivity (Wildman–Crippen MR) is 77.7 cm³/mol. The fraction of sp³-hybridized carbons (Fsp3) is 0.533. The summed E-state index contributed by atoms with van der Waals surface area (Å²) in [7, 11) is 0. The molecule has 0 spiro atoms. The average molecular weight is 327 g/mol. The highest BCUT2D eigenvalue weighted by Gasteiger charge is 2.26. The summed E-state index contributed by atoms with van der Waals surface area (Å²) in [6.07, 6.45) is 3.25. The third kappa shape index (κ3) is 3.50. The van der Waals surface area contributed by atoms with Crippen LogP contribution < -0.4 is 4.74 Å². The summed E-state index contributed by atoms with van der Waals surface area (Å²) in [6.45, 7) is 4.50. The molecule has 1 aliphatic carbocycles. The molecule has 1 aliphatic rings. The molecule has 0 aromatic heterocycles. The van der Waals surface area contributed by atoms with Crippen LogP contribution in [0.1, 0.15) is 43.5 Å². The van der Waals surface area contributed by atoms with Gasteiger partial charge >= 0.3 is 5.97 Å². The second-order valence-electron chi connectivity index (χ2n) is 5.45. The summed E-state index contributed by atoms with van der Waals surface area (Å²) in [5, 5.41) is 9.18. The maximum Gasteiger partial charge on any atom is 0.339 e. The topological polar surface area (TPSA) is 46.5 Å². The molecule has 0 amide bonds. The Balaban J connectivity index is 2.14. The number of hydrogen-bond donors (Lipinski definition) is 1. The second kappa shape index (κ2) is 5.95. The highest BCUT2D eigenvalue weighted by Crippen LogP contribution is 2.33. The van der Waals surface area contributed by atoms with Crippen molar-refractivity contribution in [2.45, 2.75) is 39.2 Å². The minimum Gasteiger partial charge on any atom is -0.489 e. The zero-order valence-electron chi connectivity index (χ0n) is 11.2. The number of hydrogen-bond acceptors (Lipinski definition) is 2. The Morgan fingerprint density at radius 3 is 2.68 bits per heavy atom. The zero-order chi connectivity index (χ0) is 14.0. The van der Waals surface area contributed by atoms with E-state index in [2.05, 4.69) is 29.8 Å². The van der Waals surface area contributed by atoms with Gasteiger partial charge in [0.05, 0.1) is 6.10 Å².